The lowest BCUT2D eigenvalue weighted by molar-refractivity contribution is 0.0992. The second kappa shape index (κ2) is 5.22. The average molecular weight is 221 g/mol. The number of hydrogen-bond acceptors (Lipinski definition) is 2. The SMILES string of the molecule is C#CCN=C(NCC)N[C@@H]1C[C@H]2CC[C@@H]1O2. The summed E-state index contributed by atoms with van der Waals surface area (Å²) in [5, 5.41) is 6.59. The van der Waals surface area contributed by atoms with Crippen LogP contribution in [0.25, 0.3) is 0 Å². The van der Waals surface area contributed by atoms with Crippen molar-refractivity contribution in [3.8, 4) is 12.3 Å². The van der Waals surface area contributed by atoms with E-state index in [1.165, 1.54) is 6.42 Å². The van der Waals surface area contributed by atoms with Crippen molar-refractivity contribution in [3.63, 3.8) is 0 Å². The van der Waals surface area contributed by atoms with Crippen LogP contribution in [0.5, 0.6) is 0 Å². The first-order chi connectivity index (χ1) is 7.83. The molecule has 0 aromatic rings. The van der Waals surface area contributed by atoms with Gasteiger partial charge in [0.1, 0.15) is 6.54 Å². The summed E-state index contributed by atoms with van der Waals surface area (Å²) in [4.78, 5) is 4.28. The molecule has 88 valence electrons. The summed E-state index contributed by atoms with van der Waals surface area (Å²) in [6.45, 7) is 3.31. The fourth-order valence-corrected chi connectivity index (χ4v) is 2.41. The molecule has 16 heavy (non-hydrogen) atoms. The maximum absolute atomic E-state index is 5.78. The van der Waals surface area contributed by atoms with Gasteiger partial charge in [0.25, 0.3) is 0 Å². The van der Waals surface area contributed by atoms with Crippen LogP contribution in [0.15, 0.2) is 4.99 Å². The third-order valence-corrected chi connectivity index (χ3v) is 3.10. The summed E-state index contributed by atoms with van der Waals surface area (Å²) < 4.78 is 5.78. The van der Waals surface area contributed by atoms with Crippen LogP contribution >= 0.6 is 0 Å². The molecule has 0 aromatic heterocycles. The Kier molecular flexibility index (Phi) is 3.68. The molecule has 2 aliphatic rings. The Hall–Kier alpha value is -1.21. The molecule has 2 rings (SSSR count). The molecule has 4 nitrogen and oxygen atoms in total. The molecule has 0 radical (unpaired) electrons. The number of nitrogens with one attached hydrogen (secondary N) is 2. The number of guanidine groups is 1. The summed E-state index contributed by atoms with van der Waals surface area (Å²) in [5.74, 6) is 3.32. The highest BCUT2D eigenvalue weighted by Crippen LogP contribution is 2.34. The number of hydrogen-bond donors (Lipinski definition) is 2. The van der Waals surface area contributed by atoms with Crippen LogP contribution in [0.4, 0.5) is 0 Å². The maximum Gasteiger partial charge on any atom is 0.192 e. The predicted molar refractivity (Wildman–Crippen MR) is 64.2 cm³/mol. The third-order valence-electron chi connectivity index (χ3n) is 3.10. The highest BCUT2D eigenvalue weighted by Gasteiger charge is 2.40. The van der Waals surface area contributed by atoms with E-state index >= 15 is 0 Å². The van der Waals surface area contributed by atoms with Crippen molar-refractivity contribution in [2.24, 2.45) is 4.99 Å². The largest absolute Gasteiger partial charge is 0.373 e. The standard InChI is InChI=1S/C12H19N3O/c1-3-7-14-12(13-4-2)15-10-8-9-5-6-11(10)16-9/h1,9-11H,4-8H2,2H3,(H2,13,14,15)/t9-,10-,11+/m1/s1. The first-order valence-electron chi connectivity index (χ1n) is 5.97. The maximum atomic E-state index is 5.78. The van der Waals surface area contributed by atoms with E-state index in [1.807, 2.05) is 6.92 Å². The molecule has 0 unspecified atom stereocenters. The Balaban J connectivity index is 1.88. The molecule has 2 saturated heterocycles. The van der Waals surface area contributed by atoms with Crippen molar-refractivity contribution >= 4 is 5.96 Å². The fraction of sp³-hybridized carbons (Fsp3) is 0.750. The van der Waals surface area contributed by atoms with Gasteiger partial charge in [-0.15, -0.1) is 6.42 Å². The molecular weight excluding hydrogens is 202 g/mol. The number of aliphatic imine (C=N–C) groups is 1. The quantitative estimate of drug-likeness (QED) is 0.414. The van der Waals surface area contributed by atoms with E-state index in [-0.39, 0.29) is 0 Å². The van der Waals surface area contributed by atoms with E-state index < -0.39 is 0 Å². The minimum Gasteiger partial charge on any atom is -0.373 e. The fourth-order valence-electron chi connectivity index (χ4n) is 2.41. The smallest absolute Gasteiger partial charge is 0.192 e. The van der Waals surface area contributed by atoms with Gasteiger partial charge in [-0.3, -0.25) is 0 Å². The van der Waals surface area contributed by atoms with Crippen molar-refractivity contribution < 1.29 is 4.74 Å². The lowest BCUT2D eigenvalue weighted by Gasteiger charge is -2.22. The van der Waals surface area contributed by atoms with Crippen molar-refractivity contribution in [1.29, 1.82) is 0 Å². The molecule has 2 fully saturated rings. The lowest BCUT2D eigenvalue weighted by Crippen LogP contribution is -2.47. The molecule has 2 heterocycles. The zero-order chi connectivity index (χ0) is 11.4. The van der Waals surface area contributed by atoms with Crippen LogP contribution in [0.3, 0.4) is 0 Å². The Bertz CT molecular complexity index is 308. The second-order valence-electron chi connectivity index (χ2n) is 4.26. The monoisotopic (exact) mass is 221 g/mol. The summed E-state index contributed by atoms with van der Waals surface area (Å²) in [5.41, 5.74) is 0. The Morgan fingerprint density at radius 3 is 3.00 bits per heavy atom. The highest BCUT2D eigenvalue weighted by molar-refractivity contribution is 5.80. The van der Waals surface area contributed by atoms with Crippen LogP contribution in [-0.2, 0) is 4.74 Å². The first kappa shape index (κ1) is 11.3. The van der Waals surface area contributed by atoms with Crippen LogP contribution < -0.4 is 10.6 Å². The molecule has 2 aliphatic heterocycles. The van der Waals surface area contributed by atoms with Gasteiger partial charge in [-0.2, -0.15) is 0 Å². The molecule has 0 aliphatic carbocycles. The van der Waals surface area contributed by atoms with E-state index in [1.54, 1.807) is 0 Å². The van der Waals surface area contributed by atoms with Gasteiger partial charge in [0.2, 0.25) is 0 Å². The van der Waals surface area contributed by atoms with Gasteiger partial charge in [-0.1, -0.05) is 5.92 Å². The molecule has 4 heteroatoms. The van der Waals surface area contributed by atoms with E-state index in [4.69, 9.17) is 11.2 Å². The van der Waals surface area contributed by atoms with Crippen molar-refractivity contribution in [1.82, 2.24) is 10.6 Å². The van der Waals surface area contributed by atoms with Crippen LogP contribution in [0.1, 0.15) is 26.2 Å². The van der Waals surface area contributed by atoms with E-state index in [0.29, 0.717) is 24.8 Å². The summed E-state index contributed by atoms with van der Waals surface area (Å²) in [6.07, 6.45) is 9.48. The normalized spacial score (nSPS) is 32.5. The molecule has 0 amide bonds. The van der Waals surface area contributed by atoms with Crippen molar-refractivity contribution in [3.05, 3.63) is 0 Å². The number of terminal acetylenes is 1. The number of ether oxygens (including phenoxy) is 1. The number of fused-ring (bicyclic) bond motifs is 2. The summed E-state index contributed by atoms with van der Waals surface area (Å²) >= 11 is 0. The summed E-state index contributed by atoms with van der Waals surface area (Å²) in [6, 6.07) is 0.398. The van der Waals surface area contributed by atoms with Crippen LogP contribution in [0.2, 0.25) is 0 Å². The molecule has 2 bridgehead atoms. The topological polar surface area (TPSA) is 45.7 Å². The van der Waals surface area contributed by atoms with Crippen molar-refractivity contribution in [2.45, 2.75) is 44.4 Å². The second-order valence-corrected chi connectivity index (χ2v) is 4.26. The summed E-state index contributed by atoms with van der Waals surface area (Å²) in [7, 11) is 0. The predicted octanol–water partition coefficient (Wildman–Crippen LogP) is 0.495. The van der Waals surface area contributed by atoms with Gasteiger partial charge in [-0.25, -0.2) is 4.99 Å². The Morgan fingerprint density at radius 1 is 1.56 bits per heavy atom. The van der Waals surface area contributed by atoms with E-state index in [0.717, 1.165) is 25.3 Å². The van der Waals surface area contributed by atoms with Crippen molar-refractivity contribution in [2.75, 3.05) is 13.1 Å². The number of rotatable bonds is 3. The molecule has 0 spiro atoms. The lowest BCUT2D eigenvalue weighted by atomic mass is 9.96. The molecule has 3 atom stereocenters. The van der Waals surface area contributed by atoms with Gasteiger partial charge >= 0.3 is 0 Å². The van der Waals surface area contributed by atoms with Gasteiger partial charge < -0.3 is 15.4 Å². The highest BCUT2D eigenvalue weighted by atomic mass is 16.5. The van der Waals surface area contributed by atoms with Crippen LogP contribution in [-0.4, -0.2) is 37.3 Å². The number of nitrogens with zero attached hydrogens (tertiary/aromatic N) is 1. The Morgan fingerprint density at radius 2 is 2.44 bits per heavy atom. The van der Waals surface area contributed by atoms with Gasteiger partial charge in [0.05, 0.1) is 18.2 Å². The van der Waals surface area contributed by atoms with E-state index in [2.05, 4.69) is 21.5 Å². The minimum atomic E-state index is 0.361. The molecule has 0 aromatic carbocycles. The average Bonchev–Trinajstić information content (AvgIpc) is 2.88. The zero-order valence-electron chi connectivity index (χ0n) is 9.70. The Labute approximate surface area is 96.8 Å². The van der Waals surface area contributed by atoms with Gasteiger partial charge in [-0.05, 0) is 26.2 Å². The first-order valence-corrected chi connectivity index (χ1v) is 5.97. The van der Waals surface area contributed by atoms with Gasteiger partial charge in [0.15, 0.2) is 5.96 Å². The molecular formula is C12H19N3O. The minimum absolute atomic E-state index is 0.361. The molecule has 2 N–H and O–H groups in total. The van der Waals surface area contributed by atoms with E-state index in [9.17, 15) is 0 Å². The van der Waals surface area contributed by atoms with Crippen LogP contribution in [0, 0.1) is 12.3 Å². The molecule has 0 saturated carbocycles. The van der Waals surface area contributed by atoms with Gasteiger partial charge in [0, 0.05) is 6.54 Å². The zero-order valence-corrected chi connectivity index (χ0v) is 9.70. The third kappa shape index (κ3) is 2.48.